The summed E-state index contributed by atoms with van der Waals surface area (Å²) >= 11 is 0. The van der Waals surface area contributed by atoms with Crippen molar-refractivity contribution in [3.05, 3.63) is 23.9 Å². The molecule has 0 saturated heterocycles. The number of carbonyl (C=O) groups is 1. The van der Waals surface area contributed by atoms with E-state index in [1.54, 1.807) is 12.3 Å². The second kappa shape index (κ2) is 4.00. The molecule has 78 valence electrons. The number of fused-ring (bicyclic) bond motifs is 1. The van der Waals surface area contributed by atoms with Crippen molar-refractivity contribution in [2.24, 2.45) is 0 Å². The number of anilines is 1. The highest BCUT2D eigenvalue weighted by molar-refractivity contribution is 5.85. The van der Waals surface area contributed by atoms with Gasteiger partial charge in [-0.1, -0.05) is 0 Å². The Bertz CT molecular complexity index is 415. The van der Waals surface area contributed by atoms with E-state index in [1.165, 1.54) is 6.08 Å². The Kier molecular flexibility index (Phi) is 2.53. The van der Waals surface area contributed by atoms with Crippen molar-refractivity contribution in [3.63, 3.8) is 0 Å². The van der Waals surface area contributed by atoms with Crippen LogP contribution in [0.4, 0.5) is 5.82 Å². The van der Waals surface area contributed by atoms with E-state index in [9.17, 15) is 4.79 Å². The van der Waals surface area contributed by atoms with Gasteiger partial charge in [0.15, 0.2) is 11.6 Å². The van der Waals surface area contributed by atoms with Crippen LogP contribution in [0.1, 0.15) is 5.56 Å². The Labute approximate surface area is 86.4 Å². The van der Waals surface area contributed by atoms with Crippen LogP contribution in [0.15, 0.2) is 18.3 Å². The van der Waals surface area contributed by atoms with Gasteiger partial charge < -0.3 is 15.2 Å². The Balaban J connectivity index is 2.24. The second-order valence-electron chi connectivity index (χ2n) is 3.06. The fourth-order valence-corrected chi connectivity index (χ4v) is 1.29. The highest BCUT2D eigenvalue weighted by Crippen LogP contribution is 2.25. The van der Waals surface area contributed by atoms with E-state index in [4.69, 9.17) is 9.84 Å². The van der Waals surface area contributed by atoms with Gasteiger partial charge in [0.05, 0.1) is 6.54 Å². The summed E-state index contributed by atoms with van der Waals surface area (Å²) in [6.45, 7) is 1.34. The van der Waals surface area contributed by atoms with Crippen LogP contribution in [-0.4, -0.2) is 29.2 Å². The van der Waals surface area contributed by atoms with Gasteiger partial charge in [-0.25, -0.2) is 9.78 Å². The normalized spacial score (nSPS) is 14.1. The lowest BCUT2D eigenvalue weighted by molar-refractivity contribution is -0.131. The monoisotopic (exact) mass is 206 g/mol. The molecular weight excluding hydrogens is 196 g/mol. The molecule has 2 heterocycles. The topological polar surface area (TPSA) is 71.5 Å². The minimum atomic E-state index is -0.980. The number of carboxylic acid groups (broad SMARTS) is 1. The average molecular weight is 206 g/mol. The number of rotatable bonds is 2. The van der Waals surface area contributed by atoms with Crippen LogP contribution in [-0.2, 0) is 4.79 Å². The molecule has 0 aliphatic carbocycles. The van der Waals surface area contributed by atoms with E-state index < -0.39 is 5.97 Å². The maximum absolute atomic E-state index is 10.3. The van der Waals surface area contributed by atoms with Crippen molar-refractivity contribution in [2.75, 3.05) is 18.5 Å². The third kappa shape index (κ3) is 2.25. The van der Waals surface area contributed by atoms with E-state index in [1.807, 2.05) is 0 Å². The highest BCUT2D eigenvalue weighted by Gasteiger charge is 2.10. The summed E-state index contributed by atoms with van der Waals surface area (Å²) in [5.41, 5.74) is 0.708. The summed E-state index contributed by atoms with van der Waals surface area (Å²) in [4.78, 5) is 14.4. The number of carboxylic acids is 1. The molecule has 1 aromatic rings. The molecule has 0 fully saturated rings. The zero-order valence-corrected chi connectivity index (χ0v) is 7.93. The maximum Gasteiger partial charge on any atom is 0.328 e. The smallest absolute Gasteiger partial charge is 0.328 e. The number of nitrogens with one attached hydrogen (secondary N) is 1. The van der Waals surface area contributed by atoms with Gasteiger partial charge in [-0.15, -0.1) is 0 Å². The molecule has 0 saturated carbocycles. The number of aromatic nitrogens is 1. The van der Waals surface area contributed by atoms with Crippen molar-refractivity contribution in [3.8, 4) is 5.75 Å². The standard InChI is InChI=1S/C10H10N2O3/c13-9(14)2-1-7-5-8-10(12-6-7)11-3-4-15-8/h1-2,5-6H,3-4H2,(H,11,12)(H,13,14). The zero-order valence-electron chi connectivity index (χ0n) is 7.93. The molecule has 5 nitrogen and oxygen atoms in total. The summed E-state index contributed by atoms with van der Waals surface area (Å²) < 4.78 is 5.36. The lowest BCUT2D eigenvalue weighted by Crippen LogP contribution is -2.18. The predicted molar refractivity (Wildman–Crippen MR) is 54.9 cm³/mol. The molecule has 1 aromatic heterocycles. The molecule has 2 N–H and O–H groups in total. The summed E-state index contributed by atoms with van der Waals surface area (Å²) in [6, 6.07) is 1.76. The number of hydrogen-bond acceptors (Lipinski definition) is 4. The first kappa shape index (κ1) is 9.51. The molecule has 0 aromatic carbocycles. The molecule has 0 atom stereocenters. The van der Waals surface area contributed by atoms with Crippen molar-refractivity contribution < 1.29 is 14.6 Å². The van der Waals surface area contributed by atoms with Gasteiger partial charge in [-0.2, -0.15) is 0 Å². The molecule has 15 heavy (non-hydrogen) atoms. The van der Waals surface area contributed by atoms with Gasteiger partial charge in [0.25, 0.3) is 0 Å². The quantitative estimate of drug-likeness (QED) is 0.706. The summed E-state index contributed by atoms with van der Waals surface area (Å²) in [5, 5.41) is 11.5. The van der Waals surface area contributed by atoms with Gasteiger partial charge in [0.2, 0.25) is 0 Å². The molecule has 5 heteroatoms. The van der Waals surface area contributed by atoms with E-state index in [0.717, 1.165) is 12.6 Å². The first-order chi connectivity index (χ1) is 7.25. The highest BCUT2D eigenvalue weighted by atomic mass is 16.5. The van der Waals surface area contributed by atoms with Crippen LogP contribution in [0, 0.1) is 0 Å². The number of nitrogens with zero attached hydrogens (tertiary/aromatic N) is 1. The first-order valence-corrected chi connectivity index (χ1v) is 4.53. The minimum absolute atomic E-state index is 0.598. The Morgan fingerprint density at radius 1 is 1.67 bits per heavy atom. The van der Waals surface area contributed by atoms with Crippen molar-refractivity contribution >= 4 is 17.9 Å². The van der Waals surface area contributed by atoms with Crippen LogP contribution < -0.4 is 10.1 Å². The SMILES string of the molecule is O=C(O)C=Cc1cnc2c(c1)OCCN2. The van der Waals surface area contributed by atoms with Crippen LogP contribution in [0.5, 0.6) is 5.75 Å². The molecule has 1 aliphatic rings. The molecular formula is C10H10N2O3. The van der Waals surface area contributed by atoms with Crippen molar-refractivity contribution in [1.29, 1.82) is 0 Å². The molecule has 0 amide bonds. The van der Waals surface area contributed by atoms with Crippen LogP contribution in [0.2, 0.25) is 0 Å². The molecule has 0 bridgehead atoms. The predicted octanol–water partition coefficient (Wildman–Crippen LogP) is 0.984. The van der Waals surface area contributed by atoms with Gasteiger partial charge in [0.1, 0.15) is 6.61 Å². The molecule has 0 unspecified atom stereocenters. The number of pyridine rings is 1. The average Bonchev–Trinajstić information content (AvgIpc) is 2.26. The Morgan fingerprint density at radius 2 is 2.53 bits per heavy atom. The van der Waals surface area contributed by atoms with E-state index >= 15 is 0 Å². The first-order valence-electron chi connectivity index (χ1n) is 4.53. The summed E-state index contributed by atoms with van der Waals surface area (Å²) in [6.07, 6.45) is 4.15. The largest absolute Gasteiger partial charge is 0.488 e. The van der Waals surface area contributed by atoms with Gasteiger partial charge in [0, 0.05) is 12.3 Å². The third-order valence-corrected chi connectivity index (χ3v) is 1.94. The van der Waals surface area contributed by atoms with Crippen LogP contribution in [0.25, 0.3) is 6.08 Å². The fourth-order valence-electron chi connectivity index (χ4n) is 1.29. The number of hydrogen-bond donors (Lipinski definition) is 2. The number of aliphatic carboxylic acids is 1. The Hall–Kier alpha value is -2.04. The molecule has 0 radical (unpaired) electrons. The van der Waals surface area contributed by atoms with E-state index in [2.05, 4.69) is 10.3 Å². The van der Waals surface area contributed by atoms with Crippen LogP contribution in [0.3, 0.4) is 0 Å². The fraction of sp³-hybridized carbons (Fsp3) is 0.200. The van der Waals surface area contributed by atoms with Gasteiger partial charge in [-0.3, -0.25) is 0 Å². The van der Waals surface area contributed by atoms with E-state index in [-0.39, 0.29) is 0 Å². The molecule has 0 spiro atoms. The van der Waals surface area contributed by atoms with Crippen molar-refractivity contribution in [2.45, 2.75) is 0 Å². The summed E-state index contributed by atoms with van der Waals surface area (Å²) in [5.74, 6) is 0.384. The third-order valence-electron chi connectivity index (χ3n) is 1.94. The zero-order chi connectivity index (χ0) is 10.7. The van der Waals surface area contributed by atoms with Gasteiger partial charge >= 0.3 is 5.97 Å². The van der Waals surface area contributed by atoms with E-state index in [0.29, 0.717) is 23.7 Å². The van der Waals surface area contributed by atoms with Crippen LogP contribution >= 0.6 is 0 Å². The molecule has 1 aliphatic heterocycles. The number of ether oxygens (including phenoxy) is 1. The lowest BCUT2D eigenvalue weighted by atomic mass is 10.2. The van der Waals surface area contributed by atoms with Gasteiger partial charge in [-0.05, 0) is 17.7 Å². The summed E-state index contributed by atoms with van der Waals surface area (Å²) in [7, 11) is 0. The Morgan fingerprint density at radius 3 is 3.33 bits per heavy atom. The minimum Gasteiger partial charge on any atom is -0.488 e. The maximum atomic E-state index is 10.3. The van der Waals surface area contributed by atoms with Crippen molar-refractivity contribution in [1.82, 2.24) is 4.98 Å². The second-order valence-corrected chi connectivity index (χ2v) is 3.06. The lowest BCUT2D eigenvalue weighted by Gasteiger charge is -2.17. The molecule has 2 rings (SSSR count).